The van der Waals surface area contributed by atoms with Crippen LogP contribution in [0.3, 0.4) is 0 Å². The number of methoxy groups -OCH3 is 2. The lowest BCUT2D eigenvalue weighted by Crippen LogP contribution is -2.03. The molecule has 2 aromatic rings. The van der Waals surface area contributed by atoms with Gasteiger partial charge < -0.3 is 15.2 Å². The summed E-state index contributed by atoms with van der Waals surface area (Å²) < 4.78 is 10.6. The van der Waals surface area contributed by atoms with E-state index >= 15 is 0 Å². The van der Waals surface area contributed by atoms with E-state index in [1.807, 2.05) is 13.0 Å². The average molecular weight is 393 g/mol. The fraction of sp³-hybridized carbons (Fsp3) is 0.190. The molecule has 0 spiro atoms. The number of fused-ring (bicyclic) bond motifs is 1. The summed E-state index contributed by atoms with van der Waals surface area (Å²) in [6.07, 6.45) is 1.86. The van der Waals surface area contributed by atoms with E-state index in [0.29, 0.717) is 50.0 Å². The Kier molecular flexibility index (Phi) is 5.00. The number of nitrogens with two attached hydrogens (primary N) is 1. The molecule has 0 saturated carbocycles. The third kappa shape index (κ3) is 2.85. The summed E-state index contributed by atoms with van der Waals surface area (Å²) in [5.41, 5.74) is 10.7. The van der Waals surface area contributed by atoms with E-state index < -0.39 is 0 Å². The first-order valence-electron chi connectivity index (χ1n) is 8.33. The van der Waals surface area contributed by atoms with Gasteiger partial charge in [-0.15, -0.1) is 0 Å². The molecular formula is C21H17ClN4O2. The maximum atomic E-state index is 9.64. The minimum atomic E-state index is 0.115. The zero-order chi connectivity index (χ0) is 20.6. The molecule has 0 amide bonds. The number of anilines is 1. The molecule has 1 aromatic carbocycles. The van der Waals surface area contributed by atoms with Crippen molar-refractivity contribution in [2.75, 3.05) is 20.0 Å². The van der Waals surface area contributed by atoms with Crippen LogP contribution in [0.4, 0.5) is 5.82 Å². The molecule has 0 bridgehead atoms. The van der Waals surface area contributed by atoms with Gasteiger partial charge in [-0.3, -0.25) is 0 Å². The van der Waals surface area contributed by atoms with E-state index in [4.69, 9.17) is 26.8 Å². The summed E-state index contributed by atoms with van der Waals surface area (Å²) in [5.74, 6) is 1.16. The second-order valence-electron chi connectivity index (χ2n) is 6.23. The lowest BCUT2D eigenvalue weighted by Gasteiger charge is -2.13. The van der Waals surface area contributed by atoms with Crippen LogP contribution in [0.5, 0.6) is 11.5 Å². The molecule has 0 radical (unpaired) electrons. The van der Waals surface area contributed by atoms with Gasteiger partial charge in [-0.25, -0.2) is 4.98 Å². The Balaban J connectivity index is 2.32. The Labute approximate surface area is 168 Å². The third-order valence-corrected chi connectivity index (χ3v) is 5.11. The Bertz CT molecular complexity index is 1150. The van der Waals surface area contributed by atoms with Crippen LogP contribution in [0, 0.1) is 29.6 Å². The van der Waals surface area contributed by atoms with E-state index in [-0.39, 0.29) is 5.82 Å². The van der Waals surface area contributed by atoms with Crippen molar-refractivity contribution < 1.29 is 9.47 Å². The molecular weight excluding hydrogens is 376 g/mol. The molecule has 0 saturated heterocycles. The van der Waals surface area contributed by atoms with Crippen LogP contribution in [0.25, 0.3) is 17.2 Å². The first-order chi connectivity index (χ1) is 13.4. The molecule has 0 atom stereocenters. The molecule has 1 aliphatic rings. The lowest BCUT2D eigenvalue weighted by atomic mass is 9.95. The van der Waals surface area contributed by atoms with Crippen molar-refractivity contribution in [1.29, 1.82) is 10.5 Å². The number of hydrogen-bond donors (Lipinski definition) is 1. The number of nitrogens with zero attached hydrogens (tertiary/aromatic N) is 3. The number of halogens is 1. The van der Waals surface area contributed by atoms with Gasteiger partial charge >= 0.3 is 0 Å². The van der Waals surface area contributed by atoms with Crippen molar-refractivity contribution in [3.05, 3.63) is 50.7 Å². The molecule has 140 valence electrons. The van der Waals surface area contributed by atoms with Crippen LogP contribution in [-0.2, 0) is 0 Å². The van der Waals surface area contributed by atoms with Crippen molar-refractivity contribution >= 4 is 34.6 Å². The Morgan fingerprint density at radius 3 is 2.32 bits per heavy atom. The first-order valence-corrected chi connectivity index (χ1v) is 8.71. The lowest BCUT2D eigenvalue weighted by molar-refractivity contribution is 0.355. The van der Waals surface area contributed by atoms with Crippen LogP contribution >= 0.6 is 11.6 Å². The number of hydrogen-bond acceptors (Lipinski definition) is 6. The second-order valence-corrected chi connectivity index (χ2v) is 6.64. The summed E-state index contributed by atoms with van der Waals surface area (Å²) >= 11 is 6.43. The van der Waals surface area contributed by atoms with Crippen molar-refractivity contribution in [2.45, 2.75) is 13.8 Å². The predicted molar refractivity (Wildman–Crippen MR) is 109 cm³/mol. The standard InChI is InChI=1S/C21H17ClN4O2/c1-10-13(5-12-6-17(27-3)18(28-4)7-16(12)22)19-11(2)15(9-24)21(25)26-20(19)14(10)8-23/h5-7H,1-4H3,(H2,25,26)/b13-5+. The van der Waals surface area contributed by atoms with Crippen molar-refractivity contribution in [3.63, 3.8) is 0 Å². The van der Waals surface area contributed by atoms with Gasteiger partial charge in [0.1, 0.15) is 18.0 Å². The highest BCUT2D eigenvalue weighted by Gasteiger charge is 2.29. The van der Waals surface area contributed by atoms with Crippen LogP contribution in [0.1, 0.15) is 34.9 Å². The van der Waals surface area contributed by atoms with Crippen LogP contribution in [0.15, 0.2) is 17.7 Å². The van der Waals surface area contributed by atoms with Gasteiger partial charge in [-0.05, 0) is 48.3 Å². The largest absolute Gasteiger partial charge is 0.493 e. The topological polar surface area (TPSA) is 105 Å². The minimum Gasteiger partial charge on any atom is -0.493 e. The van der Waals surface area contributed by atoms with Crippen molar-refractivity contribution in [1.82, 2.24) is 4.98 Å². The van der Waals surface area contributed by atoms with E-state index in [1.54, 1.807) is 26.2 Å². The van der Waals surface area contributed by atoms with Crippen LogP contribution < -0.4 is 15.2 Å². The fourth-order valence-corrected chi connectivity index (χ4v) is 3.54. The SMILES string of the molecule is COc1cc(Cl)c(/C=C2\C(C)=C(C#N)c3nc(N)c(C#N)c(C)c32)cc1OC. The normalized spacial score (nSPS) is 13.9. The van der Waals surface area contributed by atoms with Gasteiger partial charge in [-0.2, -0.15) is 10.5 Å². The van der Waals surface area contributed by atoms with Gasteiger partial charge in [-0.1, -0.05) is 11.6 Å². The summed E-state index contributed by atoms with van der Waals surface area (Å²) in [5, 5.41) is 19.5. The molecule has 1 aromatic heterocycles. The molecule has 1 aliphatic carbocycles. The summed E-state index contributed by atoms with van der Waals surface area (Å²) in [7, 11) is 3.08. The maximum absolute atomic E-state index is 9.64. The number of allylic oxidation sites excluding steroid dienone is 3. The van der Waals surface area contributed by atoms with E-state index in [0.717, 1.165) is 11.1 Å². The minimum absolute atomic E-state index is 0.115. The molecule has 0 unspecified atom stereocenters. The van der Waals surface area contributed by atoms with E-state index in [2.05, 4.69) is 17.1 Å². The average Bonchev–Trinajstić information content (AvgIpc) is 2.94. The number of pyridine rings is 1. The molecule has 2 N–H and O–H groups in total. The maximum Gasteiger partial charge on any atom is 0.162 e. The monoisotopic (exact) mass is 392 g/mol. The highest BCUT2D eigenvalue weighted by molar-refractivity contribution is 6.32. The quantitative estimate of drug-likeness (QED) is 0.831. The molecule has 6 nitrogen and oxygen atoms in total. The number of nitriles is 2. The summed E-state index contributed by atoms with van der Waals surface area (Å²) in [4.78, 5) is 4.32. The predicted octanol–water partition coefficient (Wildman–Crippen LogP) is 4.37. The van der Waals surface area contributed by atoms with Gasteiger partial charge in [0, 0.05) is 11.6 Å². The Hall–Kier alpha value is -3.48. The zero-order valence-electron chi connectivity index (χ0n) is 15.8. The van der Waals surface area contributed by atoms with Gasteiger partial charge in [0.05, 0.1) is 36.1 Å². The van der Waals surface area contributed by atoms with Crippen molar-refractivity contribution in [3.8, 4) is 23.6 Å². The van der Waals surface area contributed by atoms with Crippen LogP contribution in [0.2, 0.25) is 5.02 Å². The smallest absolute Gasteiger partial charge is 0.162 e. The van der Waals surface area contributed by atoms with Crippen molar-refractivity contribution in [2.24, 2.45) is 0 Å². The van der Waals surface area contributed by atoms with Gasteiger partial charge in [0.2, 0.25) is 0 Å². The third-order valence-electron chi connectivity index (χ3n) is 4.79. The summed E-state index contributed by atoms with van der Waals surface area (Å²) in [6.45, 7) is 3.63. The Morgan fingerprint density at radius 1 is 1.11 bits per heavy atom. The molecule has 0 aliphatic heterocycles. The van der Waals surface area contributed by atoms with Crippen LogP contribution in [-0.4, -0.2) is 19.2 Å². The second kappa shape index (κ2) is 7.26. The van der Waals surface area contributed by atoms with Gasteiger partial charge in [0.15, 0.2) is 11.5 Å². The number of rotatable bonds is 3. The molecule has 1 heterocycles. The zero-order valence-corrected chi connectivity index (χ0v) is 16.6. The van der Waals surface area contributed by atoms with E-state index in [1.165, 1.54) is 7.11 Å². The number of benzene rings is 1. The summed E-state index contributed by atoms with van der Waals surface area (Å²) in [6, 6.07) is 7.71. The van der Waals surface area contributed by atoms with E-state index in [9.17, 15) is 10.5 Å². The highest BCUT2D eigenvalue weighted by atomic mass is 35.5. The number of nitrogen functional groups attached to an aromatic ring is 1. The fourth-order valence-electron chi connectivity index (χ4n) is 3.33. The molecule has 28 heavy (non-hydrogen) atoms. The Morgan fingerprint density at radius 2 is 1.75 bits per heavy atom. The number of ether oxygens (including phenoxy) is 2. The number of aromatic nitrogens is 1. The molecule has 3 rings (SSSR count). The van der Waals surface area contributed by atoms with Gasteiger partial charge in [0.25, 0.3) is 0 Å². The molecule has 0 fully saturated rings. The first kappa shape index (κ1) is 19.3. The molecule has 7 heteroatoms. The highest BCUT2D eigenvalue weighted by Crippen LogP contribution is 2.45.